The Morgan fingerprint density at radius 3 is 2.76 bits per heavy atom. The van der Waals surface area contributed by atoms with E-state index in [1.807, 2.05) is 4.90 Å². The lowest BCUT2D eigenvalue weighted by Gasteiger charge is -2.31. The van der Waals surface area contributed by atoms with Crippen molar-refractivity contribution in [2.45, 2.75) is 25.8 Å². The largest absolute Gasteiger partial charge is 0.395 e. The molecule has 0 aromatic carbocycles. The molecule has 1 saturated carbocycles. The van der Waals surface area contributed by atoms with Gasteiger partial charge in [0.2, 0.25) is 11.8 Å². The summed E-state index contributed by atoms with van der Waals surface area (Å²) in [5.74, 6) is 0.908. The summed E-state index contributed by atoms with van der Waals surface area (Å²) in [5, 5.41) is 10.1. The van der Waals surface area contributed by atoms with Gasteiger partial charge < -0.3 is 14.9 Å². The number of β-amino-alcohol motifs (C(OH)–C–C–N with tert-alkyl or cyclic N) is 1. The normalized spacial score (nSPS) is 28.1. The van der Waals surface area contributed by atoms with Gasteiger partial charge in [0.05, 0.1) is 18.7 Å². The van der Waals surface area contributed by atoms with Crippen LogP contribution in [0.25, 0.3) is 0 Å². The van der Waals surface area contributed by atoms with Crippen LogP contribution in [-0.4, -0.2) is 65.9 Å². The molecule has 0 saturated heterocycles. The topological polar surface area (TPSA) is 81.2 Å². The lowest BCUT2D eigenvalue weighted by atomic mass is 9.91. The van der Waals surface area contributed by atoms with Crippen LogP contribution < -0.4 is 4.90 Å². The third-order valence-electron chi connectivity index (χ3n) is 6.75. The Labute approximate surface area is 173 Å². The molecule has 0 radical (unpaired) electrons. The Balaban J connectivity index is 1.45. The molecule has 2 aliphatic carbocycles. The molecule has 5 rings (SSSR count). The van der Waals surface area contributed by atoms with E-state index in [9.17, 15) is 19.5 Å². The van der Waals surface area contributed by atoms with E-state index in [1.165, 1.54) is 21.1 Å². The van der Waals surface area contributed by atoms with E-state index in [1.54, 1.807) is 7.05 Å². The van der Waals surface area contributed by atoms with Crippen LogP contribution in [0.1, 0.15) is 33.6 Å². The summed E-state index contributed by atoms with van der Waals surface area (Å²) in [6.07, 6.45) is 7.12. The molecule has 3 atom stereocenters. The maximum absolute atomic E-state index is 13.2. The molecule has 2 aliphatic heterocycles. The van der Waals surface area contributed by atoms with Crippen LogP contribution in [0.2, 0.25) is 0 Å². The number of allylic oxidation sites excluding steroid dienone is 2. The number of nitrogens with zero attached hydrogens (tertiary/aromatic N) is 3. The molecule has 3 heterocycles. The van der Waals surface area contributed by atoms with Crippen LogP contribution in [0.4, 0.5) is 5.00 Å². The number of amides is 3. The zero-order valence-electron chi connectivity index (χ0n) is 16.5. The molecule has 154 valence electrons. The van der Waals surface area contributed by atoms with Crippen molar-refractivity contribution < 1.29 is 19.5 Å². The summed E-state index contributed by atoms with van der Waals surface area (Å²) in [4.78, 5) is 44.7. The van der Waals surface area contributed by atoms with Gasteiger partial charge >= 0.3 is 0 Å². The highest BCUT2D eigenvalue weighted by Crippen LogP contribution is 2.46. The smallest absolute Gasteiger partial charge is 0.257 e. The summed E-state index contributed by atoms with van der Waals surface area (Å²) in [6.45, 7) is 1.14. The van der Waals surface area contributed by atoms with Gasteiger partial charge in [-0.2, -0.15) is 0 Å². The van der Waals surface area contributed by atoms with Gasteiger partial charge in [-0.05, 0) is 36.7 Å². The fourth-order valence-corrected chi connectivity index (χ4v) is 6.67. The van der Waals surface area contributed by atoms with Crippen LogP contribution in [-0.2, 0) is 22.6 Å². The fraction of sp³-hybridized carbons (Fsp3) is 0.571. The maximum Gasteiger partial charge on any atom is 0.257 e. The molecule has 1 fully saturated rings. The lowest BCUT2D eigenvalue weighted by molar-refractivity contribution is -0.137. The molecule has 7 nitrogen and oxygen atoms in total. The average Bonchev–Trinajstić information content (AvgIpc) is 3.42. The number of hydrogen-bond donors (Lipinski definition) is 1. The SMILES string of the molecule is CN1CC(=O)N(CCO)c2sc3c(c2C1=O)CCN(C(=O)[C@H]1C[C@@H]2C=C[C@H]1C2)C3. The van der Waals surface area contributed by atoms with Crippen LogP contribution >= 0.6 is 11.3 Å². The highest BCUT2D eigenvalue weighted by molar-refractivity contribution is 7.17. The first-order chi connectivity index (χ1) is 14.0. The molecule has 0 spiro atoms. The number of carbonyl (C=O) groups is 3. The molecule has 1 aromatic heterocycles. The molecular weight excluding hydrogens is 390 g/mol. The van der Waals surface area contributed by atoms with E-state index in [0.717, 1.165) is 23.3 Å². The molecule has 3 amide bonds. The van der Waals surface area contributed by atoms with Gasteiger partial charge in [-0.1, -0.05) is 12.2 Å². The highest BCUT2D eigenvalue weighted by atomic mass is 32.1. The molecule has 4 aliphatic rings. The number of likely N-dealkylation sites (N-methyl/N-ethyl adjacent to an activating group) is 1. The van der Waals surface area contributed by atoms with E-state index >= 15 is 0 Å². The van der Waals surface area contributed by atoms with Gasteiger partial charge in [0.15, 0.2) is 0 Å². The van der Waals surface area contributed by atoms with Gasteiger partial charge in [-0.25, -0.2) is 0 Å². The van der Waals surface area contributed by atoms with E-state index in [4.69, 9.17) is 0 Å². The average molecular weight is 416 g/mol. The maximum atomic E-state index is 13.2. The van der Waals surface area contributed by atoms with E-state index in [0.29, 0.717) is 41.9 Å². The second kappa shape index (κ2) is 6.95. The number of aliphatic hydroxyl groups excluding tert-OH is 1. The fourth-order valence-electron chi connectivity index (χ4n) is 5.28. The van der Waals surface area contributed by atoms with Crippen LogP contribution in [0.3, 0.4) is 0 Å². The Kier molecular flexibility index (Phi) is 4.51. The van der Waals surface area contributed by atoms with Gasteiger partial charge in [-0.3, -0.25) is 19.3 Å². The molecular formula is C21H25N3O4S. The van der Waals surface area contributed by atoms with Crippen LogP contribution in [0.5, 0.6) is 0 Å². The van der Waals surface area contributed by atoms with Gasteiger partial charge in [-0.15, -0.1) is 11.3 Å². The summed E-state index contributed by atoms with van der Waals surface area (Å²) < 4.78 is 0. The quantitative estimate of drug-likeness (QED) is 0.754. The van der Waals surface area contributed by atoms with Crippen molar-refractivity contribution in [1.29, 1.82) is 0 Å². The van der Waals surface area contributed by atoms with Crippen LogP contribution in [0.15, 0.2) is 12.2 Å². The summed E-state index contributed by atoms with van der Waals surface area (Å²) in [5.41, 5.74) is 1.55. The van der Waals surface area contributed by atoms with Crippen molar-refractivity contribution >= 4 is 34.1 Å². The first kappa shape index (κ1) is 18.8. The van der Waals surface area contributed by atoms with Gasteiger partial charge in [0, 0.05) is 30.9 Å². The second-order valence-corrected chi connectivity index (χ2v) is 9.59. The minimum absolute atomic E-state index is 0.0113. The van der Waals surface area contributed by atoms with Gasteiger partial charge in [0.25, 0.3) is 5.91 Å². The van der Waals surface area contributed by atoms with E-state index in [2.05, 4.69) is 12.2 Å². The lowest BCUT2D eigenvalue weighted by Crippen LogP contribution is -2.41. The standard InChI is InChI=1S/C21H25N3O4S/c1-22-11-17(26)24(6-7-25)21-18(20(22)28)14-4-5-23(10-16(14)29-21)19(27)15-9-12-2-3-13(15)8-12/h2-3,12-13,15,25H,4-11H2,1H3/t12-,13+,15+/m1/s1. The number of fused-ring (bicyclic) bond motifs is 5. The van der Waals surface area contributed by atoms with Crippen LogP contribution in [0, 0.1) is 17.8 Å². The highest BCUT2D eigenvalue weighted by Gasteiger charge is 2.43. The summed E-state index contributed by atoms with van der Waals surface area (Å²) in [7, 11) is 1.64. The predicted molar refractivity (Wildman–Crippen MR) is 109 cm³/mol. The number of aliphatic hydroxyl groups is 1. The van der Waals surface area contributed by atoms with Crippen molar-refractivity contribution in [2.24, 2.45) is 17.8 Å². The molecule has 1 aromatic rings. The Morgan fingerprint density at radius 1 is 1.24 bits per heavy atom. The second-order valence-electron chi connectivity index (χ2n) is 8.51. The predicted octanol–water partition coefficient (Wildman–Crippen LogP) is 1.26. The molecule has 1 N–H and O–H groups in total. The summed E-state index contributed by atoms with van der Waals surface area (Å²) >= 11 is 1.43. The van der Waals surface area contributed by atoms with Crippen molar-refractivity contribution in [3.8, 4) is 0 Å². The monoisotopic (exact) mass is 415 g/mol. The Hall–Kier alpha value is -2.19. The molecule has 2 bridgehead atoms. The van der Waals surface area contributed by atoms with Crippen molar-refractivity contribution in [3.05, 3.63) is 28.2 Å². The zero-order valence-corrected chi connectivity index (χ0v) is 17.3. The minimum atomic E-state index is -0.186. The number of anilines is 1. The molecule has 29 heavy (non-hydrogen) atoms. The third kappa shape index (κ3) is 2.92. The van der Waals surface area contributed by atoms with Crippen molar-refractivity contribution in [3.63, 3.8) is 0 Å². The number of carbonyl (C=O) groups excluding carboxylic acids is 3. The number of hydrogen-bond acceptors (Lipinski definition) is 5. The van der Waals surface area contributed by atoms with Crippen molar-refractivity contribution in [1.82, 2.24) is 9.80 Å². The number of thiophene rings is 1. The van der Waals surface area contributed by atoms with E-state index < -0.39 is 0 Å². The van der Waals surface area contributed by atoms with Crippen molar-refractivity contribution in [2.75, 3.05) is 38.2 Å². The Bertz CT molecular complexity index is 923. The Morgan fingerprint density at radius 2 is 2.07 bits per heavy atom. The third-order valence-corrected chi connectivity index (χ3v) is 7.99. The molecule has 0 unspecified atom stereocenters. The first-order valence-electron chi connectivity index (χ1n) is 10.3. The van der Waals surface area contributed by atoms with E-state index in [-0.39, 0.29) is 43.3 Å². The minimum Gasteiger partial charge on any atom is -0.395 e. The zero-order chi connectivity index (χ0) is 20.3. The number of rotatable bonds is 3. The van der Waals surface area contributed by atoms with Gasteiger partial charge in [0.1, 0.15) is 11.5 Å². The summed E-state index contributed by atoms with van der Waals surface area (Å²) in [6, 6.07) is 0. The molecule has 8 heteroatoms. The first-order valence-corrected chi connectivity index (χ1v) is 11.1.